The first kappa shape index (κ1) is 19.4. The number of hydrogen-bond donors (Lipinski definition) is 2. The Morgan fingerprint density at radius 1 is 1.25 bits per heavy atom. The zero-order valence-electron chi connectivity index (χ0n) is 14.6. The van der Waals surface area contributed by atoms with Gasteiger partial charge in [0.15, 0.2) is 5.96 Å². The summed E-state index contributed by atoms with van der Waals surface area (Å²) in [5.41, 5.74) is 1.16. The fraction of sp³-hybridized carbons (Fsp3) is 0.667. The van der Waals surface area contributed by atoms with Crippen molar-refractivity contribution in [2.45, 2.75) is 44.7 Å². The van der Waals surface area contributed by atoms with Gasteiger partial charge in [0.25, 0.3) is 0 Å². The summed E-state index contributed by atoms with van der Waals surface area (Å²) in [4.78, 5) is 11.3. The highest BCUT2D eigenvalue weighted by Crippen LogP contribution is 2.31. The summed E-state index contributed by atoms with van der Waals surface area (Å²) in [6.45, 7) is 4.24. The molecule has 1 aromatic heterocycles. The molecule has 1 saturated heterocycles. The molecule has 134 valence electrons. The van der Waals surface area contributed by atoms with Gasteiger partial charge in [0.05, 0.1) is 5.69 Å². The van der Waals surface area contributed by atoms with Crippen molar-refractivity contribution in [2.75, 3.05) is 26.7 Å². The van der Waals surface area contributed by atoms with E-state index in [1.54, 1.807) is 0 Å². The first-order valence-corrected chi connectivity index (χ1v) is 8.93. The van der Waals surface area contributed by atoms with Crippen molar-refractivity contribution >= 4 is 29.9 Å². The average molecular weight is 443 g/mol. The van der Waals surface area contributed by atoms with Crippen LogP contribution in [0.2, 0.25) is 0 Å². The number of pyridine rings is 1. The summed E-state index contributed by atoms with van der Waals surface area (Å²) >= 11 is 0. The van der Waals surface area contributed by atoms with Crippen molar-refractivity contribution in [1.82, 2.24) is 20.5 Å². The molecule has 1 saturated carbocycles. The van der Waals surface area contributed by atoms with Crippen LogP contribution in [0.25, 0.3) is 0 Å². The van der Waals surface area contributed by atoms with Gasteiger partial charge < -0.3 is 10.6 Å². The number of nitrogens with zero attached hydrogens (tertiary/aromatic N) is 3. The Labute approximate surface area is 162 Å². The summed E-state index contributed by atoms with van der Waals surface area (Å²) in [5.74, 6) is 1.93. The van der Waals surface area contributed by atoms with Crippen molar-refractivity contribution in [2.24, 2.45) is 10.9 Å². The van der Waals surface area contributed by atoms with Crippen molar-refractivity contribution in [3.05, 3.63) is 30.1 Å². The molecule has 2 aliphatic rings. The number of likely N-dealkylation sites (tertiary alicyclic amines) is 1. The van der Waals surface area contributed by atoms with Crippen LogP contribution in [0.3, 0.4) is 0 Å². The number of aromatic nitrogens is 1. The highest BCUT2D eigenvalue weighted by atomic mass is 127. The van der Waals surface area contributed by atoms with Crippen molar-refractivity contribution < 1.29 is 0 Å². The maximum absolute atomic E-state index is 4.42. The lowest BCUT2D eigenvalue weighted by molar-refractivity contribution is 0.196. The molecule has 0 atom stereocenters. The number of hydrogen-bond acceptors (Lipinski definition) is 3. The second-order valence-electron chi connectivity index (χ2n) is 6.75. The summed E-state index contributed by atoms with van der Waals surface area (Å²) in [7, 11) is 1.86. The Kier molecular flexibility index (Phi) is 8.24. The van der Waals surface area contributed by atoms with Gasteiger partial charge in [-0.2, -0.15) is 0 Å². The summed E-state index contributed by atoms with van der Waals surface area (Å²) in [6, 6.07) is 6.67. The van der Waals surface area contributed by atoms with Crippen LogP contribution in [0.4, 0.5) is 0 Å². The Hall–Kier alpha value is -0.890. The maximum atomic E-state index is 4.42. The highest BCUT2D eigenvalue weighted by Gasteiger charge is 2.22. The van der Waals surface area contributed by atoms with Gasteiger partial charge in [-0.25, -0.2) is 0 Å². The van der Waals surface area contributed by atoms with Gasteiger partial charge in [-0.3, -0.25) is 14.9 Å². The topological polar surface area (TPSA) is 52.6 Å². The minimum Gasteiger partial charge on any atom is -0.356 e. The highest BCUT2D eigenvalue weighted by molar-refractivity contribution is 14.0. The third kappa shape index (κ3) is 6.55. The number of nitrogens with one attached hydrogen (secondary N) is 2. The first-order chi connectivity index (χ1) is 11.3. The molecule has 2 fully saturated rings. The van der Waals surface area contributed by atoms with Gasteiger partial charge in [-0.05, 0) is 37.3 Å². The monoisotopic (exact) mass is 443 g/mol. The number of halogens is 1. The fourth-order valence-corrected chi connectivity index (χ4v) is 3.15. The molecule has 24 heavy (non-hydrogen) atoms. The van der Waals surface area contributed by atoms with E-state index in [9.17, 15) is 0 Å². The zero-order chi connectivity index (χ0) is 15.9. The number of guanidine groups is 1. The minimum atomic E-state index is 0. The molecule has 2 N–H and O–H groups in total. The lowest BCUT2D eigenvalue weighted by Crippen LogP contribution is -2.48. The van der Waals surface area contributed by atoms with E-state index in [-0.39, 0.29) is 24.0 Å². The molecular weight excluding hydrogens is 413 g/mol. The van der Waals surface area contributed by atoms with Crippen LogP contribution in [0.5, 0.6) is 0 Å². The van der Waals surface area contributed by atoms with E-state index in [1.165, 1.54) is 19.3 Å². The third-order valence-corrected chi connectivity index (χ3v) is 4.81. The van der Waals surface area contributed by atoms with E-state index in [0.29, 0.717) is 6.04 Å². The molecule has 1 aliphatic heterocycles. The standard InChI is InChI=1S/C18H29N5.HI/c1-19-18(21-11-7-15-5-6-15)22-16-8-12-23(13-9-16)14-17-4-2-3-10-20-17;/h2-4,10,15-16H,5-9,11-14H2,1H3,(H2,19,21,22);1H. The molecule has 2 heterocycles. The SMILES string of the molecule is CN=C(NCCC1CC1)NC1CCN(Cc2ccccn2)CC1.I. The van der Waals surface area contributed by atoms with Crippen LogP contribution >= 0.6 is 24.0 Å². The van der Waals surface area contributed by atoms with Crippen LogP contribution in [-0.2, 0) is 6.54 Å². The molecule has 0 aromatic carbocycles. The molecule has 0 amide bonds. The lowest BCUT2D eigenvalue weighted by Gasteiger charge is -2.32. The summed E-state index contributed by atoms with van der Waals surface area (Å²) in [6.07, 6.45) is 8.32. The Morgan fingerprint density at radius 3 is 2.67 bits per heavy atom. The zero-order valence-corrected chi connectivity index (χ0v) is 16.9. The maximum Gasteiger partial charge on any atom is 0.191 e. The predicted octanol–water partition coefficient (Wildman–Crippen LogP) is 2.63. The second-order valence-corrected chi connectivity index (χ2v) is 6.75. The van der Waals surface area contributed by atoms with Gasteiger partial charge in [0.1, 0.15) is 0 Å². The molecule has 3 rings (SSSR count). The van der Waals surface area contributed by atoms with Gasteiger partial charge in [-0.15, -0.1) is 24.0 Å². The van der Waals surface area contributed by atoms with Gasteiger partial charge >= 0.3 is 0 Å². The largest absolute Gasteiger partial charge is 0.356 e. The molecule has 0 spiro atoms. The van der Waals surface area contributed by atoms with Crippen molar-refractivity contribution in [3.8, 4) is 0 Å². The molecule has 0 unspecified atom stereocenters. The van der Waals surface area contributed by atoms with Crippen molar-refractivity contribution in [1.29, 1.82) is 0 Å². The Bertz CT molecular complexity index is 495. The van der Waals surface area contributed by atoms with Crippen LogP contribution < -0.4 is 10.6 Å². The molecular formula is C18H30IN5. The smallest absolute Gasteiger partial charge is 0.191 e. The fourth-order valence-electron chi connectivity index (χ4n) is 3.15. The van der Waals surface area contributed by atoms with E-state index in [2.05, 4.69) is 37.6 Å². The normalized spacial score (nSPS) is 19.6. The van der Waals surface area contributed by atoms with E-state index < -0.39 is 0 Å². The van der Waals surface area contributed by atoms with E-state index >= 15 is 0 Å². The minimum absolute atomic E-state index is 0. The molecule has 1 aromatic rings. The predicted molar refractivity (Wildman–Crippen MR) is 110 cm³/mol. The van der Waals surface area contributed by atoms with Crippen LogP contribution in [0.1, 0.15) is 37.8 Å². The van der Waals surface area contributed by atoms with Crippen molar-refractivity contribution in [3.63, 3.8) is 0 Å². The van der Waals surface area contributed by atoms with Gasteiger partial charge in [0.2, 0.25) is 0 Å². The Morgan fingerprint density at radius 2 is 2.04 bits per heavy atom. The van der Waals surface area contributed by atoms with Crippen LogP contribution in [-0.4, -0.2) is 48.6 Å². The molecule has 1 aliphatic carbocycles. The lowest BCUT2D eigenvalue weighted by atomic mass is 10.0. The average Bonchev–Trinajstić information content (AvgIpc) is 3.41. The molecule has 5 nitrogen and oxygen atoms in total. The second kappa shape index (κ2) is 10.2. The Balaban J connectivity index is 0.00000208. The summed E-state index contributed by atoms with van der Waals surface area (Å²) in [5, 5.41) is 7.04. The van der Waals surface area contributed by atoms with Gasteiger partial charge in [0, 0.05) is 45.5 Å². The quantitative estimate of drug-likeness (QED) is 0.403. The number of rotatable bonds is 6. The molecule has 0 radical (unpaired) electrons. The van der Waals surface area contributed by atoms with E-state index in [0.717, 1.165) is 56.6 Å². The summed E-state index contributed by atoms with van der Waals surface area (Å²) < 4.78 is 0. The number of aliphatic imine (C=N–C) groups is 1. The van der Waals surface area contributed by atoms with E-state index in [1.807, 2.05) is 19.3 Å². The van der Waals surface area contributed by atoms with Crippen LogP contribution in [0, 0.1) is 5.92 Å². The number of piperidine rings is 1. The molecule has 6 heteroatoms. The van der Waals surface area contributed by atoms with Crippen LogP contribution in [0.15, 0.2) is 29.4 Å². The first-order valence-electron chi connectivity index (χ1n) is 8.93. The molecule has 0 bridgehead atoms. The van der Waals surface area contributed by atoms with E-state index in [4.69, 9.17) is 0 Å². The van der Waals surface area contributed by atoms with Gasteiger partial charge in [-0.1, -0.05) is 18.9 Å². The third-order valence-electron chi connectivity index (χ3n) is 4.81.